The van der Waals surface area contributed by atoms with Crippen molar-refractivity contribution in [1.29, 1.82) is 0 Å². The third kappa shape index (κ3) is 10.0. The number of para-hydroxylation sites is 2. The van der Waals surface area contributed by atoms with Gasteiger partial charge in [0, 0.05) is 13.1 Å². The Labute approximate surface area is 155 Å². The van der Waals surface area contributed by atoms with Crippen LogP contribution in [0.2, 0.25) is 0 Å². The Morgan fingerprint density at radius 2 is 1.04 bits per heavy atom. The van der Waals surface area contributed by atoms with Crippen molar-refractivity contribution >= 4 is 11.9 Å². The van der Waals surface area contributed by atoms with Gasteiger partial charge in [-0.05, 0) is 12.1 Å². The zero-order valence-corrected chi connectivity index (χ0v) is 14.3. The molecule has 2 rings (SSSR count). The summed E-state index contributed by atoms with van der Waals surface area (Å²) in [6.07, 6.45) is 0. The second kappa shape index (κ2) is 13.8. The maximum atomic E-state index is 10.7. The number of carboxylic acid groups (broad SMARTS) is 2. The summed E-state index contributed by atoms with van der Waals surface area (Å²) in [5.41, 5.74) is 9.45. The van der Waals surface area contributed by atoms with Crippen molar-refractivity contribution in [2.24, 2.45) is 11.5 Å². The Balaban J connectivity index is 0. The monoisotopic (exact) mass is 389 g/mol. The molecule has 25 heavy (non-hydrogen) atoms. The van der Waals surface area contributed by atoms with E-state index in [4.69, 9.17) is 21.7 Å². The molecule has 0 spiro atoms. The van der Waals surface area contributed by atoms with Crippen molar-refractivity contribution in [3.8, 4) is 11.5 Å². The molecule has 0 bridgehead atoms. The van der Waals surface area contributed by atoms with E-state index in [1.54, 1.807) is 0 Å². The van der Waals surface area contributed by atoms with Crippen LogP contribution < -0.4 is 21.7 Å². The Morgan fingerprint density at radius 3 is 1.20 bits per heavy atom. The summed E-state index contributed by atoms with van der Waals surface area (Å²) in [5, 5.41) is 38.1. The fourth-order valence-corrected chi connectivity index (χ4v) is 1.29. The molecule has 0 aliphatic carbocycles. The van der Waals surface area contributed by atoms with Gasteiger partial charge >= 0.3 is 29.0 Å². The van der Waals surface area contributed by atoms with Crippen LogP contribution in [0.5, 0.6) is 11.5 Å². The Hall–Kier alpha value is -2.58. The van der Waals surface area contributed by atoms with Crippen molar-refractivity contribution in [2.75, 3.05) is 13.1 Å². The topological polar surface area (TPSA) is 173 Å². The van der Waals surface area contributed by atoms with E-state index in [0.717, 1.165) is 0 Å². The van der Waals surface area contributed by atoms with Gasteiger partial charge in [0.1, 0.15) is 0 Å². The summed E-state index contributed by atoms with van der Waals surface area (Å²) in [7, 11) is 0. The average molecular weight is 389 g/mol. The van der Waals surface area contributed by atoms with Gasteiger partial charge in [-0.3, -0.25) is 0 Å². The minimum Gasteiger partial charge on any atom is -0.872 e. The predicted octanol–water partition coefficient (Wildman–Crippen LogP) is -0.182. The molecule has 1 radical (unpaired) electrons. The number of carboxylic acids is 2. The standard InChI is InChI=1S/2C7H6O3.C2H8N2.Mn/c2*8-6-4-2-1-3-5(6)7(9)10;3-1-2-4;/h2*1-4,8H,(H,9,10);1-4H2;/q;;;+2/p-2. The van der Waals surface area contributed by atoms with E-state index in [0.29, 0.717) is 13.1 Å². The van der Waals surface area contributed by atoms with Crippen LogP contribution in [0.15, 0.2) is 48.5 Å². The first-order valence-electron chi connectivity index (χ1n) is 6.73. The molecule has 0 fully saturated rings. The third-order valence-electron chi connectivity index (χ3n) is 2.40. The Bertz CT molecular complexity index is 609. The summed E-state index contributed by atoms with van der Waals surface area (Å²) in [6, 6.07) is 11.1. The predicted molar refractivity (Wildman–Crippen MR) is 83.8 cm³/mol. The SMILES string of the molecule is NCCN.O=C(O)c1ccccc1[O-].O=C(O)c1ccccc1[O-].[Mn+2]. The number of nitrogens with two attached hydrogens (primary N) is 2. The van der Waals surface area contributed by atoms with E-state index in [1.807, 2.05) is 0 Å². The molecule has 6 N–H and O–H groups in total. The van der Waals surface area contributed by atoms with Gasteiger partial charge in [-0.1, -0.05) is 47.9 Å². The second-order valence-electron chi connectivity index (χ2n) is 4.18. The molecule has 0 aromatic heterocycles. The first kappa shape index (κ1) is 24.7. The Morgan fingerprint density at radius 1 is 0.760 bits per heavy atom. The van der Waals surface area contributed by atoms with Crippen LogP contribution in [-0.4, -0.2) is 35.2 Å². The van der Waals surface area contributed by atoms with Crippen LogP contribution in [0.3, 0.4) is 0 Å². The van der Waals surface area contributed by atoms with Crippen LogP contribution in [0.1, 0.15) is 20.7 Å². The number of carbonyl (C=O) groups is 2. The largest absolute Gasteiger partial charge is 2.00 e. The molecule has 0 aliphatic heterocycles. The van der Waals surface area contributed by atoms with E-state index in [2.05, 4.69) is 0 Å². The zero-order chi connectivity index (χ0) is 18.5. The minimum absolute atomic E-state index is 0. The van der Waals surface area contributed by atoms with Gasteiger partial charge in [-0.2, -0.15) is 0 Å². The Kier molecular flexibility index (Phi) is 13.6. The summed E-state index contributed by atoms with van der Waals surface area (Å²) in [5.74, 6) is -3.25. The summed E-state index contributed by atoms with van der Waals surface area (Å²) in [4.78, 5) is 20.4. The number of benzene rings is 2. The molecule has 9 heteroatoms. The van der Waals surface area contributed by atoms with Gasteiger partial charge in [-0.25, -0.2) is 9.59 Å². The average Bonchev–Trinajstić information content (AvgIpc) is 2.56. The quantitative estimate of drug-likeness (QED) is 0.523. The smallest absolute Gasteiger partial charge is 0.872 e. The first-order valence-corrected chi connectivity index (χ1v) is 6.73. The molecule has 2 aromatic rings. The summed E-state index contributed by atoms with van der Waals surface area (Å²) >= 11 is 0. The zero-order valence-electron chi connectivity index (χ0n) is 13.1. The number of hydrogen-bond acceptors (Lipinski definition) is 6. The van der Waals surface area contributed by atoms with Crippen LogP contribution in [0.25, 0.3) is 0 Å². The van der Waals surface area contributed by atoms with Gasteiger partial charge < -0.3 is 31.9 Å². The number of hydrogen-bond donors (Lipinski definition) is 4. The van der Waals surface area contributed by atoms with Crippen molar-refractivity contribution < 1.29 is 47.1 Å². The summed E-state index contributed by atoms with van der Waals surface area (Å²) in [6.45, 7) is 1.19. The molecule has 0 heterocycles. The molecule has 2 aromatic carbocycles. The number of aromatic carboxylic acids is 2. The van der Waals surface area contributed by atoms with E-state index in [1.165, 1.54) is 48.5 Å². The van der Waals surface area contributed by atoms with Crippen molar-refractivity contribution in [3.05, 3.63) is 59.7 Å². The molecular formula is C16H18MnN2O6. The van der Waals surface area contributed by atoms with Crippen LogP contribution in [-0.2, 0) is 17.1 Å². The van der Waals surface area contributed by atoms with E-state index in [-0.39, 0.29) is 28.2 Å². The molecule has 0 saturated carbocycles. The van der Waals surface area contributed by atoms with Crippen molar-refractivity contribution in [1.82, 2.24) is 0 Å². The first-order chi connectivity index (χ1) is 11.3. The molecule has 135 valence electrons. The van der Waals surface area contributed by atoms with Gasteiger partial charge in [0.2, 0.25) is 0 Å². The van der Waals surface area contributed by atoms with E-state index >= 15 is 0 Å². The molecule has 0 amide bonds. The molecular weight excluding hydrogens is 371 g/mol. The molecule has 8 nitrogen and oxygen atoms in total. The van der Waals surface area contributed by atoms with Crippen molar-refractivity contribution in [3.63, 3.8) is 0 Å². The van der Waals surface area contributed by atoms with Crippen molar-refractivity contribution in [2.45, 2.75) is 0 Å². The maximum absolute atomic E-state index is 10.7. The third-order valence-corrected chi connectivity index (χ3v) is 2.40. The molecule has 0 atom stereocenters. The fraction of sp³-hybridized carbons (Fsp3) is 0.125. The molecule has 0 saturated heterocycles. The number of rotatable bonds is 3. The van der Waals surface area contributed by atoms with Gasteiger partial charge in [-0.15, -0.1) is 0 Å². The van der Waals surface area contributed by atoms with Gasteiger partial charge in [0.05, 0.1) is 11.1 Å². The molecule has 0 unspecified atom stereocenters. The maximum Gasteiger partial charge on any atom is 2.00 e. The van der Waals surface area contributed by atoms with Crippen LogP contribution >= 0.6 is 0 Å². The van der Waals surface area contributed by atoms with E-state index in [9.17, 15) is 19.8 Å². The van der Waals surface area contributed by atoms with Gasteiger partial charge in [0.25, 0.3) is 0 Å². The minimum atomic E-state index is -1.18. The van der Waals surface area contributed by atoms with Gasteiger partial charge in [0.15, 0.2) is 0 Å². The molecule has 0 aliphatic rings. The van der Waals surface area contributed by atoms with E-state index < -0.39 is 23.4 Å². The summed E-state index contributed by atoms with van der Waals surface area (Å²) < 4.78 is 0. The normalized spacial score (nSPS) is 8.56. The van der Waals surface area contributed by atoms with Crippen LogP contribution in [0, 0.1) is 0 Å². The fourth-order valence-electron chi connectivity index (χ4n) is 1.29. The van der Waals surface area contributed by atoms with Crippen LogP contribution in [0.4, 0.5) is 0 Å². The second-order valence-corrected chi connectivity index (χ2v) is 4.18.